The van der Waals surface area contributed by atoms with Crippen LogP contribution < -0.4 is 5.32 Å². The Morgan fingerprint density at radius 2 is 1.83 bits per heavy atom. The standard InChI is InChI=1S/C23H19FN2O2S/c1-14-3-5-16(6-4-14)11-19-13-25-23(29-19)26-22(27)20-12-21(28-15(20)2)17-7-9-18(24)10-8-17/h3-10,12-13H,11H2,1-2H3,(H,25,26,27). The second-order valence-corrected chi connectivity index (χ2v) is 7.95. The van der Waals surface area contributed by atoms with Gasteiger partial charge in [-0.15, -0.1) is 11.3 Å². The van der Waals surface area contributed by atoms with Crippen molar-refractivity contribution in [3.05, 3.63) is 93.9 Å². The molecular weight excluding hydrogens is 387 g/mol. The fourth-order valence-corrected chi connectivity index (χ4v) is 3.82. The summed E-state index contributed by atoms with van der Waals surface area (Å²) in [6.45, 7) is 3.79. The number of thiazole rings is 1. The molecule has 1 N–H and O–H groups in total. The molecule has 0 aliphatic carbocycles. The van der Waals surface area contributed by atoms with Crippen LogP contribution >= 0.6 is 11.3 Å². The average molecular weight is 406 g/mol. The molecule has 0 fully saturated rings. The van der Waals surface area contributed by atoms with Crippen LogP contribution in [0.3, 0.4) is 0 Å². The van der Waals surface area contributed by atoms with Gasteiger partial charge in [-0.25, -0.2) is 9.37 Å². The van der Waals surface area contributed by atoms with E-state index < -0.39 is 0 Å². The van der Waals surface area contributed by atoms with E-state index in [1.54, 1.807) is 31.3 Å². The van der Waals surface area contributed by atoms with Gasteiger partial charge in [0.15, 0.2) is 5.13 Å². The van der Waals surface area contributed by atoms with Gasteiger partial charge in [-0.1, -0.05) is 29.8 Å². The number of nitrogens with one attached hydrogen (secondary N) is 1. The zero-order valence-electron chi connectivity index (χ0n) is 16.0. The van der Waals surface area contributed by atoms with Crippen LogP contribution in [0.15, 0.2) is 65.2 Å². The van der Waals surface area contributed by atoms with E-state index in [0.717, 1.165) is 11.3 Å². The fraction of sp³-hybridized carbons (Fsp3) is 0.130. The van der Waals surface area contributed by atoms with Crippen molar-refractivity contribution in [2.24, 2.45) is 0 Å². The first-order valence-electron chi connectivity index (χ1n) is 9.16. The number of halogens is 1. The maximum atomic E-state index is 13.1. The van der Waals surface area contributed by atoms with Crippen LogP contribution in [0.25, 0.3) is 11.3 Å². The first-order valence-corrected chi connectivity index (χ1v) is 9.97. The zero-order chi connectivity index (χ0) is 20.4. The van der Waals surface area contributed by atoms with Gasteiger partial charge >= 0.3 is 0 Å². The van der Waals surface area contributed by atoms with Crippen molar-refractivity contribution in [2.45, 2.75) is 20.3 Å². The number of nitrogens with zero attached hydrogens (tertiary/aromatic N) is 1. The molecule has 29 heavy (non-hydrogen) atoms. The molecule has 0 spiro atoms. The van der Waals surface area contributed by atoms with Crippen molar-refractivity contribution in [2.75, 3.05) is 5.32 Å². The molecule has 0 bridgehead atoms. The lowest BCUT2D eigenvalue weighted by Gasteiger charge is -2.00. The quantitative estimate of drug-likeness (QED) is 0.442. The topological polar surface area (TPSA) is 55.1 Å². The number of benzene rings is 2. The average Bonchev–Trinajstić information content (AvgIpc) is 3.30. The third kappa shape index (κ3) is 4.43. The lowest BCUT2D eigenvalue weighted by atomic mass is 10.1. The maximum absolute atomic E-state index is 13.1. The van der Waals surface area contributed by atoms with Crippen molar-refractivity contribution in [1.82, 2.24) is 4.98 Å². The van der Waals surface area contributed by atoms with Crippen LogP contribution in [0.2, 0.25) is 0 Å². The Morgan fingerprint density at radius 3 is 2.55 bits per heavy atom. The minimum atomic E-state index is -0.319. The molecule has 4 nitrogen and oxygen atoms in total. The summed E-state index contributed by atoms with van der Waals surface area (Å²) in [6, 6.07) is 16.0. The van der Waals surface area contributed by atoms with Gasteiger partial charge in [0.2, 0.25) is 0 Å². The Hall–Kier alpha value is -3.25. The number of carbonyl (C=O) groups excluding carboxylic acids is 1. The molecule has 0 radical (unpaired) electrons. The highest BCUT2D eigenvalue weighted by Crippen LogP contribution is 2.27. The number of hydrogen-bond acceptors (Lipinski definition) is 4. The van der Waals surface area contributed by atoms with Crippen LogP contribution in [0.5, 0.6) is 0 Å². The van der Waals surface area contributed by atoms with Gasteiger partial charge in [0.05, 0.1) is 5.56 Å². The summed E-state index contributed by atoms with van der Waals surface area (Å²) in [5.41, 5.74) is 3.57. The molecule has 1 amide bonds. The smallest absolute Gasteiger partial charge is 0.261 e. The van der Waals surface area contributed by atoms with E-state index in [9.17, 15) is 9.18 Å². The van der Waals surface area contributed by atoms with Gasteiger partial charge in [0.1, 0.15) is 17.3 Å². The van der Waals surface area contributed by atoms with Crippen LogP contribution in [-0.2, 0) is 6.42 Å². The molecule has 4 aromatic rings. The van der Waals surface area contributed by atoms with Gasteiger partial charge in [0, 0.05) is 23.1 Å². The molecule has 2 heterocycles. The van der Waals surface area contributed by atoms with Crippen molar-refractivity contribution in [3.8, 4) is 11.3 Å². The van der Waals surface area contributed by atoms with E-state index >= 15 is 0 Å². The largest absolute Gasteiger partial charge is 0.461 e. The number of anilines is 1. The van der Waals surface area contributed by atoms with Crippen LogP contribution in [0, 0.1) is 19.7 Å². The molecule has 2 aromatic heterocycles. The molecule has 0 saturated heterocycles. The molecule has 0 unspecified atom stereocenters. The number of aromatic nitrogens is 1. The van der Waals surface area contributed by atoms with Crippen molar-refractivity contribution in [1.29, 1.82) is 0 Å². The molecule has 4 rings (SSSR count). The number of furan rings is 1. The van der Waals surface area contributed by atoms with Gasteiger partial charge in [0.25, 0.3) is 5.91 Å². The van der Waals surface area contributed by atoms with Crippen LogP contribution in [-0.4, -0.2) is 10.9 Å². The zero-order valence-corrected chi connectivity index (χ0v) is 16.8. The second-order valence-electron chi connectivity index (χ2n) is 6.84. The molecular formula is C23H19FN2O2S. The van der Waals surface area contributed by atoms with E-state index in [4.69, 9.17) is 4.42 Å². The van der Waals surface area contributed by atoms with Gasteiger partial charge in [-0.3, -0.25) is 10.1 Å². The number of carbonyl (C=O) groups is 1. The highest BCUT2D eigenvalue weighted by molar-refractivity contribution is 7.15. The first kappa shape index (κ1) is 19.1. The van der Waals surface area contributed by atoms with E-state index in [-0.39, 0.29) is 11.7 Å². The van der Waals surface area contributed by atoms with E-state index in [1.807, 2.05) is 0 Å². The molecule has 146 valence electrons. The van der Waals surface area contributed by atoms with Crippen molar-refractivity contribution >= 4 is 22.4 Å². The molecule has 0 aliphatic heterocycles. The van der Waals surface area contributed by atoms with Crippen molar-refractivity contribution < 1.29 is 13.6 Å². The Labute approximate surface area is 172 Å². The lowest BCUT2D eigenvalue weighted by Crippen LogP contribution is -2.11. The molecule has 0 atom stereocenters. The summed E-state index contributed by atoms with van der Waals surface area (Å²) in [6.07, 6.45) is 2.56. The second kappa shape index (κ2) is 8.01. The summed E-state index contributed by atoms with van der Waals surface area (Å²) in [7, 11) is 0. The number of rotatable bonds is 5. The summed E-state index contributed by atoms with van der Waals surface area (Å²) in [4.78, 5) is 18.1. The minimum Gasteiger partial charge on any atom is -0.461 e. The van der Waals surface area contributed by atoms with E-state index in [2.05, 4.69) is 41.5 Å². The fourth-order valence-electron chi connectivity index (χ4n) is 2.98. The van der Waals surface area contributed by atoms with Gasteiger partial charge in [-0.05, 0) is 49.7 Å². The highest BCUT2D eigenvalue weighted by Gasteiger charge is 2.17. The van der Waals surface area contributed by atoms with E-state index in [0.29, 0.717) is 27.8 Å². The van der Waals surface area contributed by atoms with Gasteiger partial charge in [-0.2, -0.15) is 0 Å². The Balaban J connectivity index is 1.46. The van der Waals surface area contributed by atoms with Crippen molar-refractivity contribution in [3.63, 3.8) is 0 Å². The predicted molar refractivity (Wildman–Crippen MR) is 113 cm³/mol. The third-order valence-corrected chi connectivity index (χ3v) is 5.48. The third-order valence-electron chi connectivity index (χ3n) is 4.56. The highest BCUT2D eigenvalue weighted by atomic mass is 32.1. The lowest BCUT2D eigenvalue weighted by molar-refractivity contribution is 0.102. The summed E-state index contributed by atoms with van der Waals surface area (Å²) in [5, 5.41) is 3.38. The summed E-state index contributed by atoms with van der Waals surface area (Å²) < 4.78 is 18.8. The van der Waals surface area contributed by atoms with Crippen LogP contribution in [0.4, 0.5) is 9.52 Å². The number of hydrogen-bond donors (Lipinski definition) is 1. The van der Waals surface area contributed by atoms with E-state index in [1.165, 1.54) is 34.6 Å². The normalized spacial score (nSPS) is 10.9. The maximum Gasteiger partial charge on any atom is 0.261 e. The molecule has 0 aliphatic rings. The first-order chi connectivity index (χ1) is 14.0. The van der Waals surface area contributed by atoms with Gasteiger partial charge < -0.3 is 4.42 Å². The Kier molecular flexibility index (Phi) is 5.27. The Morgan fingerprint density at radius 1 is 1.10 bits per heavy atom. The SMILES string of the molecule is Cc1ccc(Cc2cnc(NC(=O)c3cc(-c4ccc(F)cc4)oc3C)s2)cc1. The summed E-state index contributed by atoms with van der Waals surface area (Å²) in [5.74, 6) is 0.418. The number of aryl methyl sites for hydroxylation is 2. The summed E-state index contributed by atoms with van der Waals surface area (Å²) >= 11 is 1.45. The minimum absolute atomic E-state index is 0.282. The Bertz CT molecular complexity index is 1140. The molecule has 0 saturated carbocycles. The molecule has 6 heteroatoms. The predicted octanol–water partition coefficient (Wildman–Crippen LogP) is 6.00. The number of amides is 1. The monoisotopic (exact) mass is 406 g/mol. The van der Waals surface area contributed by atoms with Crippen LogP contribution in [0.1, 0.15) is 32.1 Å². The molecule has 2 aromatic carbocycles.